The van der Waals surface area contributed by atoms with E-state index in [-0.39, 0.29) is 12.4 Å². The van der Waals surface area contributed by atoms with Crippen LogP contribution in [0.5, 0.6) is 5.75 Å². The zero-order chi connectivity index (χ0) is 12.3. The van der Waals surface area contributed by atoms with E-state index in [1.54, 1.807) is 0 Å². The van der Waals surface area contributed by atoms with E-state index in [1.165, 1.54) is 18.4 Å². The molecule has 0 saturated heterocycles. The summed E-state index contributed by atoms with van der Waals surface area (Å²) in [5.41, 5.74) is 3.30. The monoisotopic (exact) mass is 254 g/mol. The molecule has 1 aromatic rings. The van der Waals surface area contributed by atoms with E-state index in [4.69, 9.17) is 16.7 Å². The van der Waals surface area contributed by atoms with Gasteiger partial charge in [-0.2, -0.15) is 0 Å². The summed E-state index contributed by atoms with van der Waals surface area (Å²) in [6.07, 6.45) is 6.98. The van der Waals surface area contributed by atoms with Gasteiger partial charge in [0.15, 0.2) is 0 Å². The molecule has 1 aliphatic carbocycles. The van der Waals surface area contributed by atoms with Crippen LogP contribution in [0.1, 0.15) is 42.4 Å². The first-order valence-corrected chi connectivity index (χ1v) is 6.74. The number of aliphatic hydroxyl groups is 1. The van der Waals surface area contributed by atoms with Gasteiger partial charge < -0.3 is 10.2 Å². The van der Waals surface area contributed by atoms with Gasteiger partial charge in [-0.05, 0) is 55.2 Å². The van der Waals surface area contributed by atoms with E-state index in [2.05, 4.69) is 6.07 Å². The van der Waals surface area contributed by atoms with Gasteiger partial charge in [-0.15, -0.1) is 0 Å². The van der Waals surface area contributed by atoms with Crippen LogP contribution in [0, 0.1) is 0 Å². The summed E-state index contributed by atoms with van der Waals surface area (Å²) in [5, 5.41) is 19.5. The van der Waals surface area contributed by atoms with Crippen LogP contribution >= 0.6 is 11.6 Å². The second-order valence-corrected chi connectivity index (χ2v) is 5.10. The van der Waals surface area contributed by atoms with Crippen LogP contribution in [-0.2, 0) is 19.3 Å². The number of hydrogen-bond donors (Lipinski definition) is 2. The predicted molar refractivity (Wildman–Crippen MR) is 69.8 cm³/mol. The van der Waals surface area contributed by atoms with Gasteiger partial charge in [-0.25, -0.2) is 0 Å². The number of aryl methyl sites for hydroxylation is 2. The van der Waals surface area contributed by atoms with Crippen molar-refractivity contribution in [2.24, 2.45) is 0 Å². The summed E-state index contributed by atoms with van der Waals surface area (Å²) in [6.45, 7) is 0.147. The third-order valence-electron chi connectivity index (χ3n) is 3.49. The smallest absolute Gasteiger partial charge is 0.137 e. The highest BCUT2D eigenvalue weighted by Crippen LogP contribution is 2.37. The fourth-order valence-corrected chi connectivity index (χ4v) is 2.88. The van der Waals surface area contributed by atoms with E-state index < -0.39 is 0 Å². The minimum absolute atomic E-state index is 0.147. The highest BCUT2D eigenvalue weighted by molar-refractivity contribution is 6.33. The Hall–Kier alpha value is -0.730. The minimum Gasteiger partial charge on any atom is -0.506 e. The lowest BCUT2D eigenvalue weighted by Crippen LogP contribution is -1.98. The van der Waals surface area contributed by atoms with E-state index in [1.807, 2.05) is 0 Å². The van der Waals surface area contributed by atoms with E-state index >= 15 is 0 Å². The molecule has 0 fully saturated rings. The zero-order valence-electron chi connectivity index (χ0n) is 10.0. The first-order chi connectivity index (χ1) is 8.24. The maximum absolute atomic E-state index is 10.1. The van der Waals surface area contributed by atoms with Crippen LogP contribution in [0.3, 0.4) is 0 Å². The number of aliphatic hydroxyl groups excluding tert-OH is 1. The molecule has 0 atom stereocenters. The SMILES string of the molecule is OCCCc1cc2c(c(Cl)c1O)CCCCC2. The van der Waals surface area contributed by atoms with Crippen molar-refractivity contribution < 1.29 is 10.2 Å². The van der Waals surface area contributed by atoms with Crippen molar-refractivity contribution in [3.8, 4) is 5.75 Å². The number of rotatable bonds is 3. The Kier molecular flexibility index (Phi) is 4.30. The number of benzene rings is 1. The molecule has 0 heterocycles. The maximum Gasteiger partial charge on any atom is 0.137 e. The van der Waals surface area contributed by atoms with Crippen molar-refractivity contribution in [3.63, 3.8) is 0 Å². The molecule has 0 spiro atoms. The Morgan fingerprint density at radius 2 is 1.94 bits per heavy atom. The highest BCUT2D eigenvalue weighted by Gasteiger charge is 2.17. The zero-order valence-corrected chi connectivity index (χ0v) is 10.8. The molecule has 2 nitrogen and oxygen atoms in total. The fourth-order valence-electron chi connectivity index (χ4n) is 2.54. The number of phenols is 1. The molecule has 17 heavy (non-hydrogen) atoms. The van der Waals surface area contributed by atoms with Crippen LogP contribution < -0.4 is 0 Å². The summed E-state index contributed by atoms with van der Waals surface area (Å²) in [7, 11) is 0. The molecule has 0 radical (unpaired) electrons. The number of halogens is 1. The van der Waals surface area contributed by atoms with Gasteiger partial charge >= 0.3 is 0 Å². The second-order valence-electron chi connectivity index (χ2n) is 4.72. The van der Waals surface area contributed by atoms with Crippen LogP contribution in [0.15, 0.2) is 6.07 Å². The Bertz CT molecular complexity index is 402. The molecule has 0 bridgehead atoms. The summed E-state index contributed by atoms with van der Waals surface area (Å²) < 4.78 is 0. The molecule has 1 aliphatic rings. The van der Waals surface area contributed by atoms with Crippen molar-refractivity contribution in [1.29, 1.82) is 0 Å². The van der Waals surface area contributed by atoms with Gasteiger partial charge in [-0.1, -0.05) is 24.1 Å². The molecule has 2 N–H and O–H groups in total. The molecule has 0 amide bonds. The quantitative estimate of drug-likeness (QED) is 0.813. The Morgan fingerprint density at radius 1 is 1.18 bits per heavy atom. The molecular formula is C14H19ClO2. The normalized spacial score (nSPS) is 15.4. The van der Waals surface area contributed by atoms with Gasteiger partial charge in [0, 0.05) is 6.61 Å². The lowest BCUT2D eigenvalue weighted by atomic mass is 9.97. The van der Waals surface area contributed by atoms with E-state index in [0.717, 1.165) is 30.4 Å². The van der Waals surface area contributed by atoms with E-state index in [0.29, 0.717) is 17.9 Å². The van der Waals surface area contributed by atoms with Gasteiger partial charge in [-0.3, -0.25) is 0 Å². The molecule has 0 saturated carbocycles. The Labute approximate surface area is 107 Å². The number of phenolic OH excluding ortho intramolecular Hbond substituents is 1. The number of fused-ring (bicyclic) bond motifs is 1. The average molecular weight is 255 g/mol. The molecule has 94 valence electrons. The summed E-state index contributed by atoms with van der Waals surface area (Å²) in [5.74, 6) is 0.223. The van der Waals surface area contributed by atoms with Crippen LogP contribution in [0.25, 0.3) is 0 Å². The topological polar surface area (TPSA) is 40.5 Å². The summed E-state index contributed by atoms with van der Waals surface area (Å²) in [6, 6.07) is 2.08. The minimum atomic E-state index is 0.147. The fraction of sp³-hybridized carbons (Fsp3) is 0.571. The van der Waals surface area contributed by atoms with Crippen molar-refractivity contribution in [1.82, 2.24) is 0 Å². The average Bonchev–Trinajstić information content (AvgIpc) is 2.57. The van der Waals surface area contributed by atoms with Gasteiger partial charge in [0.25, 0.3) is 0 Å². The third kappa shape index (κ3) is 2.75. The lowest BCUT2D eigenvalue weighted by molar-refractivity contribution is 0.288. The van der Waals surface area contributed by atoms with Crippen molar-refractivity contribution in [2.75, 3.05) is 6.61 Å². The van der Waals surface area contributed by atoms with E-state index in [9.17, 15) is 5.11 Å². The third-order valence-corrected chi connectivity index (χ3v) is 3.90. The molecule has 0 aliphatic heterocycles. The van der Waals surface area contributed by atoms with Crippen LogP contribution in [-0.4, -0.2) is 16.8 Å². The van der Waals surface area contributed by atoms with Gasteiger partial charge in [0.2, 0.25) is 0 Å². The molecule has 1 aromatic carbocycles. The second kappa shape index (κ2) is 5.74. The first kappa shape index (κ1) is 12.7. The molecule has 3 heteroatoms. The summed E-state index contributed by atoms with van der Waals surface area (Å²) >= 11 is 6.26. The van der Waals surface area contributed by atoms with Crippen molar-refractivity contribution in [2.45, 2.75) is 44.9 Å². The van der Waals surface area contributed by atoms with Gasteiger partial charge in [0.05, 0.1) is 5.02 Å². The largest absolute Gasteiger partial charge is 0.506 e. The predicted octanol–water partition coefficient (Wildman–Crippen LogP) is 3.24. The number of hydrogen-bond acceptors (Lipinski definition) is 2. The first-order valence-electron chi connectivity index (χ1n) is 6.37. The Balaban J connectivity index is 2.36. The van der Waals surface area contributed by atoms with Crippen LogP contribution in [0.4, 0.5) is 0 Å². The molecular weight excluding hydrogens is 236 g/mol. The lowest BCUT2D eigenvalue weighted by Gasteiger charge is -2.14. The maximum atomic E-state index is 10.1. The molecule has 0 unspecified atom stereocenters. The standard InChI is InChI=1S/C14H19ClO2/c15-13-12-7-3-1-2-5-10(12)9-11(14(13)17)6-4-8-16/h9,16-17H,1-8H2. The van der Waals surface area contributed by atoms with Crippen LogP contribution in [0.2, 0.25) is 5.02 Å². The molecule has 0 aromatic heterocycles. The Morgan fingerprint density at radius 3 is 2.71 bits per heavy atom. The number of aromatic hydroxyl groups is 1. The highest BCUT2D eigenvalue weighted by atomic mass is 35.5. The van der Waals surface area contributed by atoms with Gasteiger partial charge in [0.1, 0.15) is 5.75 Å². The summed E-state index contributed by atoms with van der Waals surface area (Å²) in [4.78, 5) is 0. The van der Waals surface area contributed by atoms with Crippen molar-refractivity contribution in [3.05, 3.63) is 27.8 Å². The molecule has 2 rings (SSSR count). The van der Waals surface area contributed by atoms with Crippen molar-refractivity contribution >= 4 is 11.6 Å².